The molecule has 116 valence electrons. The number of benzene rings is 1. The Balaban J connectivity index is 2.37. The maximum Gasteiger partial charge on any atom is 0.237 e. The molecule has 0 aliphatic carbocycles. The summed E-state index contributed by atoms with van der Waals surface area (Å²) in [5, 5.41) is 2.89. The Hall–Kier alpha value is -1.46. The Labute approximate surface area is 125 Å². The monoisotopic (exact) mass is 293 g/mol. The molecular formula is C16H24FN3O. The third kappa shape index (κ3) is 3.41. The van der Waals surface area contributed by atoms with E-state index in [1.165, 1.54) is 12.1 Å². The lowest BCUT2D eigenvalue weighted by Gasteiger charge is -2.42. The third-order valence-corrected chi connectivity index (χ3v) is 4.18. The van der Waals surface area contributed by atoms with Crippen LogP contribution in [0.25, 0.3) is 0 Å². The molecule has 0 bridgehead atoms. The van der Waals surface area contributed by atoms with Crippen molar-refractivity contribution >= 4 is 5.91 Å². The van der Waals surface area contributed by atoms with Gasteiger partial charge in [-0.1, -0.05) is 26.0 Å². The lowest BCUT2D eigenvalue weighted by atomic mass is 9.93. The summed E-state index contributed by atoms with van der Waals surface area (Å²) in [6, 6.07) is 6.07. The molecule has 1 heterocycles. The van der Waals surface area contributed by atoms with Gasteiger partial charge in [-0.05, 0) is 30.5 Å². The zero-order valence-electron chi connectivity index (χ0n) is 12.7. The summed E-state index contributed by atoms with van der Waals surface area (Å²) in [6.45, 7) is 5.35. The van der Waals surface area contributed by atoms with Crippen LogP contribution in [-0.4, -0.2) is 36.0 Å². The first-order valence-electron chi connectivity index (χ1n) is 7.63. The first kappa shape index (κ1) is 15.9. The van der Waals surface area contributed by atoms with Gasteiger partial charge in [-0.3, -0.25) is 9.69 Å². The minimum absolute atomic E-state index is 0.0356. The number of amides is 1. The van der Waals surface area contributed by atoms with E-state index in [0.29, 0.717) is 13.0 Å². The summed E-state index contributed by atoms with van der Waals surface area (Å²) in [5.41, 5.74) is 7.14. The molecular weight excluding hydrogens is 269 g/mol. The lowest BCUT2D eigenvalue weighted by molar-refractivity contribution is -0.130. The summed E-state index contributed by atoms with van der Waals surface area (Å²) in [7, 11) is 0. The molecule has 21 heavy (non-hydrogen) atoms. The van der Waals surface area contributed by atoms with Crippen LogP contribution in [0.3, 0.4) is 0 Å². The smallest absolute Gasteiger partial charge is 0.237 e. The van der Waals surface area contributed by atoms with Gasteiger partial charge in [-0.25, -0.2) is 4.39 Å². The highest BCUT2D eigenvalue weighted by molar-refractivity contribution is 5.82. The number of hydrogen-bond acceptors (Lipinski definition) is 3. The average molecular weight is 293 g/mol. The number of nitrogens with zero attached hydrogens (tertiary/aromatic N) is 1. The molecule has 3 atom stereocenters. The van der Waals surface area contributed by atoms with Gasteiger partial charge in [0.1, 0.15) is 5.82 Å². The second kappa shape index (κ2) is 7.00. The molecule has 0 radical (unpaired) electrons. The minimum Gasteiger partial charge on any atom is -0.353 e. The van der Waals surface area contributed by atoms with Crippen molar-refractivity contribution in [3.63, 3.8) is 0 Å². The van der Waals surface area contributed by atoms with Gasteiger partial charge in [0, 0.05) is 19.1 Å². The van der Waals surface area contributed by atoms with E-state index < -0.39 is 0 Å². The largest absolute Gasteiger partial charge is 0.353 e. The Morgan fingerprint density at radius 1 is 1.48 bits per heavy atom. The van der Waals surface area contributed by atoms with E-state index >= 15 is 0 Å². The predicted molar refractivity (Wildman–Crippen MR) is 81.2 cm³/mol. The van der Waals surface area contributed by atoms with Crippen LogP contribution in [0, 0.1) is 5.82 Å². The van der Waals surface area contributed by atoms with E-state index in [0.717, 1.165) is 18.5 Å². The SMILES string of the molecule is CCC(N)C(c1cccc(F)c1)N1CCNC(=O)C1CC. The highest BCUT2D eigenvalue weighted by atomic mass is 19.1. The number of rotatable bonds is 5. The molecule has 0 spiro atoms. The Bertz CT molecular complexity index is 494. The molecule has 0 aromatic heterocycles. The zero-order valence-corrected chi connectivity index (χ0v) is 12.7. The van der Waals surface area contributed by atoms with Gasteiger partial charge in [-0.15, -0.1) is 0 Å². The van der Waals surface area contributed by atoms with Gasteiger partial charge < -0.3 is 11.1 Å². The lowest BCUT2D eigenvalue weighted by Crippen LogP contribution is -2.58. The van der Waals surface area contributed by atoms with Crippen molar-refractivity contribution in [1.29, 1.82) is 0 Å². The number of halogens is 1. The van der Waals surface area contributed by atoms with Crippen LogP contribution in [0.2, 0.25) is 0 Å². The third-order valence-electron chi connectivity index (χ3n) is 4.18. The topological polar surface area (TPSA) is 58.4 Å². The molecule has 1 aromatic rings. The van der Waals surface area contributed by atoms with Gasteiger partial charge in [0.2, 0.25) is 5.91 Å². The van der Waals surface area contributed by atoms with Gasteiger partial charge in [0.25, 0.3) is 0 Å². The number of carbonyl (C=O) groups is 1. The molecule has 1 amide bonds. The normalized spacial score (nSPS) is 22.7. The molecule has 0 saturated carbocycles. The summed E-state index contributed by atoms with van der Waals surface area (Å²) in [5.74, 6) is -0.233. The van der Waals surface area contributed by atoms with Crippen molar-refractivity contribution < 1.29 is 9.18 Å². The summed E-state index contributed by atoms with van der Waals surface area (Å²) in [4.78, 5) is 14.2. The van der Waals surface area contributed by atoms with Crippen molar-refractivity contribution in [3.05, 3.63) is 35.6 Å². The van der Waals surface area contributed by atoms with E-state index in [1.807, 2.05) is 19.9 Å². The van der Waals surface area contributed by atoms with E-state index in [1.54, 1.807) is 6.07 Å². The van der Waals surface area contributed by atoms with E-state index in [4.69, 9.17) is 5.73 Å². The molecule has 1 saturated heterocycles. The van der Waals surface area contributed by atoms with Crippen LogP contribution in [0.15, 0.2) is 24.3 Å². The number of nitrogens with one attached hydrogen (secondary N) is 1. The van der Waals surface area contributed by atoms with Crippen LogP contribution >= 0.6 is 0 Å². The zero-order chi connectivity index (χ0) is 15.4. The summed E-state index contributed by atoms with van der Waals surface area (Å²) < 4.78 is 13.6. The number of hydrogen-bond donors (Lipinski definition) is 2. The predicted octanol–water partition coefficient (Wildman–Crippen LogP) is 1.81. The molecule has 1 aliphatic heterocycles. The van der Waals surface area contributed by atoms with Crippen molar-refractivity contribution in [1.82, 2.24) is 10.2 Å². The first-order chi connectivity index (χ1) is 10.1. The second-order valence-electron chi connectivity index (χ2n) is 5.52. The fraction of sp³-hybridized carbons (Fsp3) is 0.562. The molecule has 1 fully saturated rings. The minimum atomic E-state index is -0.268. The molecule has 1 aromatic carbocycles. The van der Waals surface area contributed by atoms with Crippen LogP contribution in [0.4, 0.5) is 4.39 Å². The molecule has 2 rings (SSSR count). The maximum atomic E-state index is 13.6. The van der Waals surface area contributed by atoms with Crippen LogP contribution in [0.5, 0.6) is 0 Å². The van der Waals surface area contributed by atoms with Crippen LogP contribution in [0.1, 0.15) is 38.3 Å². The van der Waals surface area contributed by atoms with Crippen molar-refractivity contribution in [2.75, 3.05) is 13.1 Å². The van der Waals surface area contributed by atoms with Crippen molar-refractivity contribution in [2.24, 2.45) is 5.73 Å². The van der Waals surface area contributed by atoms with E-state index in [2.05, 4.69) is 10.2 Å². The van der Waals surface area contributed by atoms with Crippen molar-refractivity contribution in [3.8, 4) is 0 Å². The Kier molecular flexibility index (Phi) is 5.31. The fourth-order valence-electron chi connectivity index (χ4n) is 3.08. The maximum absolute atomic E-state index is 13.6. The van der Waals surface area contributed by atoms with Crippen LogP contribution in [-0.2, 0) is 4.79 Å². The standard InChI is InChI=1S/C16H24FN3O/c1-3-13(18)15(11-6-5-7-12(17)10-11)20-9-8-19-16(21)14(20)4-2/h5-7,10,13-15H,3-4,8-9,18H2,1-2H3,(H,19,21). The number of piperazine rings is 1. The van der Waals surface area contributed by atoms with Crippen molar-refractivity contribution in [2.45, 2.75) is 44.8 Å². The molecule has 1 aliphatic rings. The molecule has 5 heteroatoms. The molecule has 4 nitrogen and oxygen atoms in total. The number of carbonyl (C=O) groups excluding carboxylic acids is 1. The highest BCUT2D eigenvalue weighted by Crippen LogP contribution is 2.29. The molecule has 3 N–H and O–H groups in total. The van der Waals surface area contributed by atoms with E-state index in [9.17, 15) is 9.18 Å². The molecule has 3 unspecified atom stereocenters. The summed E-state index contributed by atoms with van der Waals surface area (Å²) >= 11 is 0. The van der Waals surface area contributed by atoms with Gasteiger partial charge >= 0.3 is 0 Å². The van der Waals surface area contributed by atoms with Crippen LogP contribution < -0.4 is 11.1 Å². The first-order valence-corrected chi connectivity index (χ1v) is 7.63. The second-order valence-corrected chi connectivity index (χ2v) is 5.52. The highest BCUT2D eigenvalue weighted by Gasteiger charge is 2.36. The quantitative estimate of drug-likeness (QED) is 0.870. The van der Waals surface area contributed by atoms with Gasteiger partial charge in [0.15, 0.2) is 0 Å². The fourth-order valence-corrected chi connectivity index (χ4v) is 3.08. The Morgan fingerprint density at radius 3 is 2.86 bits per heavy atom. The van der Waals surface area contributed by atoms with E-state index in [-0.39, 0.29) is 29.8 Å². The Morgan fingerprint density at radius 2 is 2.24 bits per heavy atom. The number of nitrogens with two attached hydrogens (primary N) is 1. The van der Waals surface area contributed by atoms with Gasteiger partial charge in [0.05, 0.1) is 12.1 Å². The average Bonchev–Trinajstić information content (AvgIpc) is 2.47. The summed E-state index contributed by atoms with van der Waals surface area (Å²) in [6.07, 6.45) is 1.49. The van der Waals surface area contributed by atoms with Gasteiger partial charge in [-0.2, -0.15) is 0 Å².